The van der Waals surface area contributed by atoms with E-state index in [-0.39, 0.29) is 23.2 Å². The van der Waals surface area contributed by atoms with E-state index in [0.29, 0.717) is 22.4 Å². The molecule has 0 saturated carbocycles. The molecule has 5 aromatic rings. The average molecular weight is 474 g/mol. The predicted molar refractivity (Wildman–Crippen MR) is 125 cm³/mol. The van der Waals surface area contributed by atoms with Crippen LogP contribution in [0.4, 0.5) is 13.2 Å². The van der Waals surface area contributed by atoms with Crippen LogP contribution in [0.2, 0.25) is 0 Å². The van der Waals surface area contributed by atoms with Gasteiger partial charge in [0.05, 0.1) is 34.1 Å². The lowest BCUT2D eigenvalue weighted by Gasteiger charge is -2.15. The SMILES string of the molecule is Cn1ncc(-c2cc(C(F)(F)F)c3c(=O)[nH]nc(CN)c3c2)c1-c1ccc2ccccc2c1C#N. The molecule has 2 heterocycles. The number of nitrogens with zero attached hydrogens (tertiary/aromatic N) is 4. The Balaban J connectivity index is 1.86. The molecule has 0 unspecified atom stereocenters. The first-order chi connectivity index (χ1) is 16.7. The molecule has 0 amide bonds. The van der Waals surface area contributed by atoms with Crippen molar-refractivity contribution in [2.75, 3.05) is 0 Å². The maximum Gasteiger partial charge on any atom is 0.417 e. The van der Waals surface area contributed by atoms with E-state index >= 15 is 0 Å². The van der Waals surface area contributed by atoms with Gasteiger partial charge in [-0.2, -0.15) is 28.6 Å². The molecule has 0 aliphatic heterocycles. The highest BCUT2D eigenvalue weighted by Gasteiger charge is 2.35. The van der Waals surface area contributed by atoms with Crippen LogP contribution in [0.5, 0.6) is 0 Å². The Morgan fingerprint density at radius 3 is 2.60 bits per heavy atom. The summed E-state index contributed by atoms with van der Waals surface area (Å²) in [4.78, 5) is 12.4. The van der Waals surface area contributed by atoms with E-state index in [0.717, 1.165) is 16.8 Å². The van der Waals surface area contributed by atoms with Gasteiger partial charge < -0.3 is 5.73 Å². The molecule has 35 heavy (non-hydrogen) atoms. The van der Waals surface area contributed by atoms with Crippen LogP contribution in [0, 0.1) is 11.3 Å². The lowest BCUT2D eigenvalue weighted by Crippen LogP contribution is -2.18. The Labute approximate surface area is 196 Å². The molecule has 0 fully saturated rings. The summed E-state index contributed by atoms with van der Waals surface area (Å²) in [6.45, 7) is -0.169. The number of nitriles is 1. The fraction of sp³-hybridized carbons (Fsp3) is 0.120. The van der Waals surface area contributed by atoms with Gasteiger partial charge in [0, 0.05) is 35.5 Å². The zero-order valence-corrected chi connectivity index (χ0v) is 18.3. The normalized spacial score (nSPS) is 11.8. The van der Waals surface area contributed by atoms with Crippen molar-refractivity contribution in [3.8, 4) is 28.5 Å². The molecule has 0 aliphatic rings. The highest BCUT2D eigenvalue weighted by Crippen LogP contribution is 2.41. The smallest absolute Gasteiger partial charge is 0.325 e. The molecule has 7 nitrogen and oxygen atoms in total. The second-order valence-corrected chi connectivity index (χ2v) is 8.00. The number of aryl methyl sites for hydroxylation is 1. The van der Waals surface area contributed by atoms with Crippen molar-refractivity contribution in [3.63, 3.8) is 0 Å². The third-order valence-electron chi connectivity index (χ3n) is 6.01. The van der Waals surface area contributed by atoms with Crippen molar-refractivity contribution < 1.29 is 13.2 Å². The first-order valence-electron chi connectivity index (χ1n) is 10.5. The van der Waals surface area contributed by atoms with Crippen molar-refractivity contribution in [1.82, 2.24) is 20.0 Å². The molecule has 0 spiro atoms. The minimum Gasteiger partial charge on any atom is -0.325 e. The molecule has 2 aromatic heterocycles. The molecule has 0 atom stereocenters. The third kappa shape index (κ3) is 3.53. The van der Waals surface area contributed by atoms with E-state index in [1.165, 1.54) is 16.9 Å². The number of benzene rings is 3. The Bertz CT molecular complexity index is 1730. The van der Waals surface area contributed by atoms with Gasteiger partial charge in [-0.1, -0.05) is 36.4 Å². The third-order valence-corrected chi connectivity index (χ3v) is 6.01. The van der Waals surface area contributed by atoms with Crippen LogP contribution < -0.4 is 11.3 Å². The zero-order chi connectivity index (χ0) is 24.9. The van der Waals surface area contributed by atoms with Crippen LogP contribution in [0.25, 0.3) is 43.9 Å². The van der Waals surface area contributed by atoms with Crippen LogP contribution in [-0.4, -0.2) is 20.0 Å². The van der Waals surface area contributed by atoms with E-state index in [9.17, 15) is 23.2 Å². The van der Waals surface area contributed by atoms with Crippen LogP contribution in [0.3, 0.4) is 0 Å². The zero-order valence-electron chi connectivity index (χ0n) is 18.3. The number of nitrogens with one attached hydrogen (secondary N) is 1. The lowest BCUT2D eigenvalue weighted by molar-refractivity contribution is -0.136. The van der Waals surface area contributed by atoms with Crippen LogP contribution in [-0.2, 0) is 19.8 Å². The fourth-order valence-electron chi connectivity index (χ4n) is 4.44. The second-order valence-electron chi connectivity index (χ2n) is 8.00. The molecule has 3 N–H and O–H groups in total. The largest absolute Gasteiger partial charge is 0.417 e. The molecule has 10 heteroatoms. The Morgan fingerprint density at radius 1 is 1.11 bits per heavy atom. The molecule has 174 valence electrons. The van der Waals surface area contributed by atoms with Gasteiger partial charge in [-0.05, 0) is 23.1 Å². The number of halogens is 3. The summed E-state index contributed by atoms with van der Waals surface area (Å²) in [5.74, 6) is 0. The molecule has 5 rings (SSSR count). The number of hydrogen-bond donors (Lipinski definition) is 2. The minimum atomic E-state index is -4.81. The highest BCUT2D eigenvalue weighted by atomic mass is 19.4. The summed E-state index contributed by atoms with van der Waals surface area (Å²) in [6.07, 6.45) is -3.37. The van der Waals surface area contributed by atoms with E-state index in [4.69, 9.17) is 5.73 Å². The van der Waals surface area contributed by atoms with Crippen molar-refractivity contribution in [2.24, 2.45) is 12.8 Å². The van der Waals surface area contributed by atoms with E-state index in [1.54, 1.807) is 13.1 Å². The van der Waals surface area contributed by atoms with Gasteiger partial charge >= 0.3 is 6.18 Å². The van der Waals surface area contributed by atoms with Gasteiger partial charge in [0.1, 0.15) is 6.07 Å². The van der Waals surface area contributed by atoms with Crippen molar-refractivity contribution in [3.05, 3.63) is 81.9 Å². The Morgan fingerprint density at radius 2 is 1.89 bits per heavy atom. The van der Waals surface area contributed by atoms with Gasteiger partial charge in [-0.25, -0.2) is 5.10 Å². The van der Waals surface area contributed by atoms with Gasteiger partial charge in [-0.15, -0.1) is 0 Å². The van der Waals surface area contributed by atoms with E-state index < -0.39 is 22.7 Å². The maximum atomic E-state index is 14.1. The van der Waals surface area contributed by atoms with Crippen molar-refractivity contribution in [2.45, 2.75) is 12.7 Å². The summed E-state index contributed by atoms with van der Waals surface area (Å²) >= 11 is 0. The topological polar surface area (TPSA) is 113 Å². The first-order valence-corrected chi connectivity index (χ1v) is 10.5. The summed E-state index contributed by atoms with van der Waals surface area (Å²) < 4.78 is 43.8. The Hall–Kier alpha value is -4.49. The predicted octanol–water partition coefficient (Wildman–Crippen LogP) is 4.49. The molecular formula is C25H17F3N6O. The number of fused-ring (bicyclic) bond motifs is 2. The highest BCUT2D eigenvalue weighted by molar-refractivity contribution is 5.98. The quantitative estimate of drug-likeness (QED) is 0.400. The number of aromatic nitrogens is 4. The van der Waals surface area contributed by atoms with Crippen LogP contribution in [0.1, 0.15) is 16.8 Å². The summed E-state index contributed by atoms with van der Waals surface area (Å²) in [6, 6.07) is 15.6. The monoisotopic (exact) mass is 474 g/mol. The van der Waals surface area contributed by atoms with Gasteiger partial charge in [0.15, 0.2) is 0 Å². The average Bonchev–Trinajstić information content (AvgIpc) is 3.23. The molecule has 0 radical (unpaired) electrons. The first kappa shape index (κ1) is 22.3. The number of aromatic amines is 1. The van der Waals surface area contributed by atoms with Crippen LogP contribution >= 0.6 is 0 Å². The number of alkyl halides is 3. The summed E-state index contributed by atoms with van der Waals surface area (Å²) in [7, 11) is 1.65. The standard InChI is InChI=1S/C25H17F3N6O/c1-34-23(16-7-6-13-4-2-3-5-15(13)18(16)10-29)19(12-31-34)14-8-17-21(11-30)32-33-24(35)22(17)20(9-14)25(26,27)28/h2-9,12H,11,30H2,1H3,(H,33,35). The van der Waals surface area contributed by atoms with Gasteiger partial charge in [0.2, 0.25) is 0 Å². The van der Waals surface area contributed by atoms with Crippen molar-refractivity contribution in [1.29, 1.82) is 5.26 Å². The molecular weight excluding hydrogens is 457 g/mol. The minimum absolute atomic E-state index is 0.00916. The van der Waals surface area contributed by atoms with Crippen LogP contribution in [0.15, 0.2) is 59.5 Å². The fourth-order valence-corrected chi connectivity index (χ4v) is 4.44. The number of nitrogens with two attached hydrogens (primary N) is 1. The second kappa shape index (κ2) is 8.07. The summed E-state index contributed by atoms with van der Waals surface area (Å²) in [5, 5.41) is 21.2. The maximum absolute atomic E-state index is 14.1. The molecule has 3 aromatic carbocycles. The molecule has 0 aliphatic carbocycles. The van der Waals surface area contributed by atoms with Gasteiger partial charge in [0.25, 0.3) is 5.56 Å². The van der Waals surface area contributed by atoms with Crippen molar-refractivity contribution >= 4 is 21.5 Å². The summed E-state index contributed by atoms with van der Waals surface area (Å²) in [5.41, 5.74) is 5.70. The van der Waals surface area contributed by atoms with Gasteiger partial charge in [-0.3, -0.25) is 9.48 Å². The van der Waals surface area contributed by atoms with E-state index in [2.05, 4.69) is 21.4 Å². The molecule has 0 saturated heterocycles. The number of hydrogen-bond acceptors (Lipinski definition) is 5. The lowest BCUT2D eigenvalue weighted by atomic mass is 9.92. The van der Waals surface area contributed by atoms with E-state index in [1.807, 2.05) is 30.3 Å². The number of rotatable bonds is 3. The Kier molecular flexibility index (Phi) is 5.15. The number of H-pyrrole nitrogens is 1. The molecule has 0 bridgehead atoms.